The lowest BCUT2D eigenvalue weighted by atomic mass is 9.94. The van der Waals surface area contributed by atoms with Crippen LogP contribution in [0.25, 0.3) is 5.76 Å². The maximum Gasteiger partial charge on any atom is 0.295 e. The van der Waals surface area contributed by atoms with Gasteiger partial charge in [-0.2, -0.15) is 0 Å². The topological polar surface area (TPSA) is 85.3 Å². The molecule has 7 nitrogen and oxygen atoms in total. The molecule has 0 spiro atoms. The van der Waals surface area contributed by atoms with Gasteiger partial charge in [0.15, 0.2) is 11.5 Å². The summed E-state index contributed by atoms with van der Waals surface area (Å²) in [7, 11) is 3.04. The Morgan fingerprint density at radius 1 is 0.914 bits per heavy atom. The van der Waals surface area contributed by atoms with E-state index in [2.05, 4.69) is 0 Å². The zero-order chi connectivity index (χ0) is 24.9. The first-order valence-electron chi connectivity index (χ1n) is 11.3. The second-order valence-electron chi connectivity index (χ2n) is 7.99. The van der Waals surface area contributed by atoms with Gasteiger partial charge < -0.3 is 24.2 Å². The van der Waals surface area contributed by atoms with Gasteiger partial charge in [0.1, 0.15) is 11.5 Å². The SMILES string of the molecule is CCOc1ccc(C2/C(=C(\O)c3cccc(OC)c3)C(=O)C(=O)N2Cc2ccccc2)cc1OC. The maximum atomic E-state index is 13.3. The molecule has 1 amide bonds. The lowest BCUT2D eigenvalue weighted by Gasteiger charge is -2.26. The van der Waals surface area contributed by atoms with Crippen molar-refractivity contribution in [2.24, 2.45) is 0 Å². The maximum absolute atomic E-state index is 13.3. The van der Waals surface area contributed by atoms with E-state index >= 15 is 0 Å². The molecule has 1 N–H and O–H groups in total. The van der Waals surface area contributed by atoms with Crippen molar-refractivity contribution in [3.8, 4) is 17.2 Å². The number of Topliss-reactive ketones (excluding diaryl/α,β-unsaturated/α-hetero) is 1. The van der Waals surface area contributed by atoms with E-state index < -0.39 is 17.7 Å². The second-order valence-corrected chi connectivity index (χ2v) is 7.99. The summed E-state index contributed by atoms with van der Waals surface area (Å²) in [6, 6.07) is 20.6. The van der Waals surface area contributed by atoms with Crippen LogP contribution in [0.5, 0.6) is 17.2 Å². The van der Waals surface area contributed by atoms with Gasteiger partial charge in [0.05, 0.1) is 32.4 Å². The Morgan fingerprint density at radius 3 is 2.37 bits per heavy atom. The molecule has 1 aliphatic heterocycles. The molecule has 4 rings (SSSR count). The first kappa shape index (κ1) is 23.9. The third kappa shape index (κ3) is 4.71. The molecule has 180 valence electrons. The Balaban J connectivity index is 1.89. The Bertz CT molecular complexity index is 1270. The Labute approximate surface area is 204 Å². The number of nitrogens with zero attached hydrogens (tertiary/aromatic N) is 1. The molecule has 0 bridgehead atoms. The van der Waals surface area contributed by atoms with Crippen LogP contribution in [0.4, 0.5) is 0 Å². The summed E-state index contributed by atoms with van der Waals surface area (Å²) in [5.74, 6) is -0.166. The first-order valence-corrected chi connectivity index (χ1v) is 11.3. The third-order valence-electron chi connectivity index (χ3n) is 5.88. The number of hydrogen-bond donors (Lipinski definition) is 1. The van der Waals surface area contributed by atoms with E-state index in [9.17, 15) is 14.7 Å². The van der Waals surface area contributed by atoms with Gasteiger partial charge in [-0.05, 0) is 42.3 Å². The van der Waals surface area contributed by atoms with E-state index in [4.69, 9.17) is 14.2 Å². The highest BCUT2D eigenvalue weighted by Gasteiger charge is 2.46. The second kappa shape index (κ2) is 10.3. The van der Waals surface area contributed by atoms with Crippen LogP contribution in [-0.2, 0) is 16.1 Å². The smallest absolute Gasteiger partial charge is 0.295 e. The zero-order valence-electron chi connectivity index (χ0n) is 19.9. The van der Waals surface area contributed by atoms with Crippen molar-refractivity contribution in [1.29, 1.82) is 0 Å². The fraction of sp³-hybridized carbons (Fsp3) is 0.214. The minimum absolute atomic E-state index is 0.00500. The van der Waals surface area contributed by atoms with Crippen LogP contribution in [0.15, 0.2) is 78.4 Å². The number of aliphatic hydroxyl groups excluding tert-OH is 1. The normalized spacial score (nSPS) is 16.9. The molecule has 1 atom stereocenters. The number of carbonyl (C=O) groups excluding carboxylic acids is 2. The van der Waals surface area contributed by atoms with E-state index in [-0.39, 0.29) is 17.9 Å². The molecule has 0 saturated carbocycles. The molecule has 3 aromatic rings. The van der Waals surface area contributed by atoms with Crippen LogP contribution in [0, 0.1) is 0 Å². The summed E-state index contributed by atoms with van der Waals surface area (Å²) in [5.41, 5.74) is 1.86. The Hall–Kier alpha value is -4.26. The van der Waals surface area contributed by atoms with Gasteiger partial charge in [-0.15, -0.1) is 0 Å². The number of rotatable bonds is 8. The van der Waals surface area contributed by atoms with Crippen LogP contribution < -0.4 is 14.2 Å². The fourth-order valence-electron chi connectivity index (χ4n) is 4.22. The molecule has 7 heteroatoms. The number of carbonyl (C=O) groups is 2. The Kier molecular flexibility index (Phi) is 7.06. The standard InChI is InChI=1S/C28H27NO6/c1-4-35-22-14-13-19(16-23(22)34-3)25-24(26(30)20-11-8-12-21(15-20)33-2)27(31)28(32)29(25)17-18-9-6-5-7-10-18/h5-16,25,30H,4,17H2,1-3H3/b26-24+. The molecule has 0 aliphatic carbocycles. The van der Waals surface area contributed by atoms with Crippen molar-refractivity contribution in [2.75, 3.05) is 20.8 Å². The zero-order valence-corrected chi connectivity index (χ0v) is 19.9. The predicted molar refractivity (Wildman–Crippen MR) is 131 cm³/mol. The highest BCUT2D eigenvalue weighted by atomic mass is 16.5. The van der Waals surface area contributed by atoms with E-state index in [1.165, 1.54) is 19.1 Å². The summed E-state index contributed by atoms with van der Waals surface area (Å²) < 4.78 is 16.4. The highest BCUT2D eigenvalue weighted by Crippen LogP contribution is 2.42. The summed E-state index contributed by atoms with van der Waals surface area (Å²) in [6.07, 6.45) is 0. The number of aliphatic hydroxyl groups is 1. The van der Waals surface area contributed by atoms with Crippen LogP contribution in [0.3, 0.4) is 0 Å². The van der Waals surface area contributed by atoms with Gasteiger partial charge in [-0.1, -0.05) is 48.5 Å². The van der Waals surface area contributed by atoms with Gasteiger partial charge >= 0.3 is 0 Å². The van der Waals surface area contributed by atoms with E-state index in [0.717, 1.165) is 5.56 Å². The quantitative estimate of drug-likeness (QED) is 0.289. The minimum atomic E-state index is -0.828. The predicted octanol–water partition coefficient (Wildman–Crippen LogP) is 4.72. The Morgan fingerprint density at radius 2 is 1.69 bits per heavy atom. The molecule has 1 fully saturated rings. The largest absolute Gasteiger partial charge is 0.507 e. The number of benzene rings is 3. The number of ketones is 1. The number of methoxy groups -OCH3 is 2. The van der Waals surface area contributed by atoms with Crippen molar-refractivity contribution in [3.05, 3.63) is 95.1 Å². The minimum Gasteiger partial charge on any atom is -0.507 e. The molecule has 0 aromatic heterocycles. The van der Waals surface area contributed by atoms with Crippen molar-refractivity contribution < 1.29 is 28.9 Å². The van der Waals surface area contributed by atoms with Gasteiger partial charge in [-0.3, -0.25) is 9.59 Å². The van der Waals surface area contributed by atoms with Crippen LogP contribution in [0.2, 0.25) is 0 Å². The molecule has 1 heterocycles. The monoisotopic (exact) mass is 473 g/mol. The van der Waals surface area contributed by atoms with Crippen LogP contribution in [-0.4, -0.2) is 42.5 Å². The van der Waals surface area contributed by atoms with E-state index in [1.54, 1.807) is 42.5 Å². The van der Waals surface area contributed by atoms with Gasteiger partial charge in [-0.25, -0.2) is 0 Å². The van der Waals surface area contributed by atoms with Crippen LogP contribution in [0.1, 0.15) is 29.7 Å². The molecule has 35 heavy (non-hydrogen) atoms. The molecule has 0 radical (unpaired) electrons. The molecular formula is C28H27NO6. The third-order valence-corrected chi connectivity index (χ3v) is 5.88. The average Bonchev–Trinajstić information content (AvgIpc) is 3.14. The number of likely N-dealkylation sites (tertiary alicyclic amines) is 1. The fourth-order valence-corrected chi connectivity index (χ4v) is 4.22. The van der Waals surface area contributed by atoms with Gasteiger partial charge in [0.25, 0.3) is 11.7 Å². The summed E-state index contributed by atoms with van der Waals surface area (Å²) in [4.78, 5) is 28.0. The average molecular weight is 474 g/mol. The molecule has 1 unspecified atom stereocenters. The first-order chi connectivity index (χ1) is 17.0. The van der Waals surface area contributed by atoms with E-state index in [1.807, 2.05) is 37.3 Å². The van der Waals surface area contributed by atoms with Crippen molar-refractivity contribution in [2.45, 2.75) is 19.5 Å². The molecule has 1 aliphatic rings. The number of ether oxygens (including phenoxy) is 3. The number of amides is 1. The van der Waals surface area contributed by atoms with Gasteiger partial charge in [0, 0.05) is 12.1 Å². The van der Waals surface area contributed by atoms with Crippen molar-refractivity contribution in [1.82, 2.24) is 4.90 Å². The summed E-state index contributed by atoms with van der Waals surface area (Å²) in [6.45, 7) is 2.52. The lowest BCUT2D eigenvalue weighted by Crippen LogP contribution is -2.29. The highest BCUT2D eigenvalue weighted by molar-refractivity contribution is 6.46. The molecular weight excluding hydrogens is 446 g/mol. The van der Waals surface area contributed by atoms with Crippen molar-refractivity contribution in [3.63, 3.8) is 0 Å². The van der Waals surface area contributed by atoms with Crippen LogP contribution >= 0.6 is 0 Å². The summed E-state index contributed by atoms with van der Waals surface area (Å²) >= 11 is 0. The van der Waals surface area contributed by atoms with Crippen molar-refractivity contribution >= 4 is 17.4 Å². The molecule has 1 saturated heterocycles. The lowest BCUT2D eigenvalue weighted by molar-refractivity contribution is -0.140. The number of hydrogen-bond acceptors (Lipinski definition) is 6. The van der Waals surface area contributed by atoms with Gasteiger partial charge in [0.2, 0.25) is 0 Å². The van der Waals surface area contributed by atoms with E-state index in [0.29, 0.717) is 35.0 Å². The summed E-state index contributed by atoms with van der Waals surface area (Å²) in [5, 5.41) is 11.3. The molecule has 3 aromatic carbocycles.